The molecule has 0 N–H and O–H groups in total. The Bertz CT molecular complexity index is 1020. The highest BCUT2D eigenvalue weighted by molar-refractivity contribution is 5.89. The van der Waals surface area contributed by atoms with Gasteiger partial charge < -0.3 is 9.47 Å². The van der Waals surface area contributed by atoms with Crippen molar-refractivity contribution in [1.82, 2.24) is 0 Å². The fraction of sp³-hybridized carbons (Fsp3) is 0.719. The van der Waals surface area contributed by atoms with Crippen molar-refractivity contribution in [3.63, 3.8) is 0 Å². The molecule has 0 radical (unpaired) electrons. The van der Waals surface area contributed by atoms with Gasteiger partial charge in [0, 0.05) is 18.3 Å². The summed E-state index contributed by atoms with van der Waals surface area (Å²) in [5.74, 6) is 2.79. The minimum Gasteiger partial charge on any atom is -0.469 e. The Morgan fingerprint density at radius 3 is 2.51 bits per heavy atom. The van der Waals surface area contributed by atoms with Crippen LogP contribution in [0.3, 0.4) is 0 Å². The van der Waals surface area contributed by atoms with E-state index in [0.717, 1.165) is 38.5 Å². The SMILES string of the molecule is COC(=O)CCC(C)C1CCC2C3CCC4C[C@H](OC(=O)c5ccccc5)CCC4(C)C3CC(=O)C12C. The van der Waals surface area contributed by atoms with Gasteiger partial charge in [-0.05, 0) is 104 Å². The molecule has 1 aromatic carbocycles. The molecule has 5 rings (SSSR count). The lowest BCUT2D eigenvalue weighted by atomic mass is 9.44. The zero-order valence-corrected chi connectivity index (χ0v) is 23.0. The van der Waals surface area contributed by atoms with E-state index in [1.54, 1.807) is 0 Å². The highest BCUT2D eigenvalue weighted by atomic mass is 16.5. The van der Waals surface area contributed by atoms with Crippen LogP contribution < -0.4 is 0 Å². The van der Waals surface area contributed by atoms with Gasteiger partial charge in [0.25, 0.3) is 0 Å². The van der Waals surface area contributed by atoms with Crippen molar-refractivity contribution < 1.29 is 23.9 Å². The maximum absolute atomic E-state index is 14.0. The van der Waals surface area contributed by atoms with Crippen molar-refractivity contribution in [3.8, 4) is 0 Å². The lowest BCUT2D eigenvalue weighted by Crippen LogP contribution is -2.57. The molecule has 0 aromatic heterocycles. The summed E-state index contributed by atoms with van der Waals surface area (Å²) in [5, 5.41) is 0. The van der Waals surface area contributed by atoms with E-state index in [2.05, 4.69) is 20.8 Å². The van der Waals surface area contributed by atoms with Crippen molar-refractivity contribution in [3.05, 3.63) is 35.9 Å². The predicted molar refractivity (Wildman–Crippen MR) is 142 cm³/mol. The van der Waals surface area contributed by atoms with E-state index in [0.29, 0.717) is 59.7 Å². The molecule has 1 aromatic rings. The van der Waals surface area contributed by atoms with Gasteiger partial charge in [-0.3, -0.25) is 9.59 Å². The summed E-state index contributed by atoms with van der Waals surface area (Å²) in [5.41, 5.74) is 0.500. The van der Waals surface area contributed by atoms with E-state index in [1.165, 1.54) is 20.0 Å². The molecule has 4 saturated carbocycles. The van der Waals surface area contributed by atoms with Gasteiger partial charge in [-0.1, -0.05) is 39.0 Å². The Labute approximate surface area is 222 Å². The van der Waals surface area contributed by atoms with Crippen LogP contribution in [0.1, 0.15) is 95.3 Å². The third-order valence-electron chi connectivity index (χ3n) is 11.6. The Kier molecular flexibility index (Phi) is 7.28. The van der Waals surface area contributed by atoms with Gasteiger partial charge in [0.05, 0.1) is 12.7 Å². The molecule has 8 unspecified atom stereocenters. The summed E-state index contributed by atoms with van der Waals surface area (Å²) >= 11 is 0. The molecule has 9 atom stereocenters. The smallest absolute Gasteiger partial charge is 0.338 e. The number of hydrogen-bond donors (Lipinski definition) is 0. The second-order valence-electron chi connectivity index (χ2n) is 13.0. The number of fused-ring (bicyclic) bond motifs is 5. The Morgan fingerprint density at radius 1 is 1.03 bits per heavy atom. The van der Waals surface area contributed by atoms with E-state index in [-0.39, 0.29) is 28.9 Å². The maximum Gasteiger partial charge on any atom is 0.338 e. The highest BCUT2D eigenvalue weighted by Gasteiger charge is 2.64. The number of ether oxygens (including phenoxy) is 2. The fourth-order valence-corrected chi connectivity index (χ4v) is 9.42. The second kappa shape index (κ2) is 10.2. The number of carbonyl (C=O) groups excluding carboxylic acids is 3. The number of hydrogen-bond acceptors (Lipinski definition) is 5. The largest absolute Gasteiger partial charge is 0.469 e. The monoisotopic (exact) mass is 508 g/mol. The minimum absolute atomic E-state index is 0.0292. The molecule has 4 aliphatic rings. The molecule has 37 heavy (non-hydrogen) atoms. The first-order valence-corrected chi connectivity index (χ1v) is 14.5. The first-order valence-electron chi connectivity index (χ1n) is 14.5. The average molecular weight is 509 g/mol. The molecule has 0 amide bonds. The number of carbonyl (C=O) groups is 3. The molecular weight excluding hydrogens is 464 g/mol. The van der Waals surface area contributed by atoms with Crippen LogP contribution in [0.2, 0.25) is 0 Å². The van der Waals surface area contributed by atoms with E-state index >= 15 is 0 Å². The quantitative estimate of drug-likeness (QED) is 0.403. The third-order valence-corrected chi connectivity index (χ3v) is 11.6. The lowest BCUT2D eigenvalue weighted by Gasteiger charge is -2.60. The zero-order chi connectivity index (χ0) is 26.4. The van der Waals surface area contributed by atoms with Crippen molar-refractivity contribution in [1.29, 1.82) is 0 Å². The summed E-state index contributed by atoms with van der Waals surface area (Å²) in [6.07, 6.45) is 9.31. The van der Waals surface area contributed by atoms with E-state index in [1.807, 2.05) is 30.3 Å². The van der Waals surface area contributed by atoms with Crippen LogP contribution in [-0.2, 0) is 19.1 Å². The van der Waals surface area contributed by atoms with E-state index in [9.17, 15) is 14.4 Å². The molecule has 202 valence electrons. The van der Waals surface area contributed by atoms with Gasteiger partial charge in [-0.2, -0.15) is 0 Å². The first-order chi connectivity index (χ1) is 17.7. The zero-order valence-electron chi connectivity index (χ0n) is 23.0. The molecule has 5 nitrogen and oxygen atoms in total. The first kappa shape index (κ1) is 26.4. The number of Topliss-reactive ketones (excluding diaryl/α,β-unsaturated/α-hetero) is 1. The standard InChI is InChI=1S/C32H44O5/c1-20(10-15-29(34)36-4)25-13-14-26-24-12-11-22-18-23(37-30(35)21-8-6-5-7-9-21)16-17-31(22,2)27(24)19-28(33)32(25,26)3/h5-9,20,22-27H,10-19H2,1-4H3/t20?,22?,23-,24?,25?,26?,27?,31?,32?/m1/s1. The van der Waals surface area contributed by atoms with Gasteiger partial charge in [-0.25, -0.2) is 4.79 Å². The summed E-state index contributed by atoms with van der Waals surface area (Å²) in [6, 6.07) is 9.29. The van der Waals surface area contributed by atoms with Crippen LogP contribution in [0.4, 0.5) is 0 Å². The number of ketones is 1. The van der Waals surface area contributed by atoms with Crippen LogP contribution in [0.25, 0.3) is 0 Å². The molecule has 5 heteroatoms. The van der Waals surface area contributed by atoms with Crippen molar-refractivity contribution in [2.45, 2.75) is 91.1 Å². The number of methoxy groups -OCH3 is 1. The molecule has 0 aliphatic heterocycles. The van der Waals surface area contributed by atoms with Gasteiger partial charge in [0.2, 0.25) is 0 Å². The topological polar surface area (TPSA) is 69.7 Å². The Balaban J connectivity index is 1.27. The second-order valence-corrected chi connectivity index (χ2v) is 13.0. The molecule has 0 spiro atoms. The summed E-state index contributed by atoms with van der Waals surface area (Å²) in [6.45, 7) is 6.93. The highest BCUT2D eigenvalue weighted by Crippen LogP contribution is 2.67. The van der Waals surface area contributed by atoms with Crippen molar-refractivity contribution in [2.24, 2.45) is 46.3 Å². The summed E-state index contributed by atoms with van der Waals surface area (Å²) in [4.78, 5) is 38.4. The average Bonchev–Trinajstić information content (AvgIpc) is 3.27. The minimum atomic E-state index is -0.262. The fourth-order valence-electron chi connectivity index (χ4n) is 9.42. The molecule has 4 aliphatic carbocycles. The lowest BCUT2D eigenvalue weighted by molar-refractivity contribution is -0.160. The normalized spacial score (nSPS) is 39.6. The number of rotatable bonds is 6. The predicted octanol–water partition coefficient (Wildman–Crippen LogP) is 6.64. The van der Waals surface area contributed by atoms with E-state index in [4.69, 9.17) is 9.47 Å². The Morgan fingerprint density at radius 2 is 1.78 bits per heavy atom. The van der Waals surface area contributed by atoms with E-state index < -0.39 is 0 Å². The van der Waals surface area contributed by atoms with Crippen LogP contribution in [0.5, 0.6) is 0 Å². The Hall–Kier alpha value is -2.17. The van der Waals surface area contributed by atoms with Gasteiger partial charge in [0.1, 0.15) is 11.9 Å². The molecule has 0 heterocycles. The van der Waals surface area contributed by atoms with Gasteiger partial charge in [-0.15, -0.1) is 0 Å². The van der Waals surface area contributed by atoms with Crippen LogP contribution >= 0.6 is 0 Å². The van der Waals surface area contributed by atoms with Crippen LogP contribution in [0, 0.1) is 46.3 Å². The summed E-state index contributed by atoms with van der Waals surface area (Å²) < 4.78 is 10.8. The van der Waals surface area contributed by atoms with Crippen LogP contribution in [0.15, 0.2) is 30.3 Å². The molecule has 4 fully saturated rings. The van der Waals surface area contributed by atoms with Gasteiger partial charge in [0.15, 0.2) is 0 Å². The number of benzene rings is 1. The molecule has 0 saturated heterocycles. The molecule has 0 bridgehead atoms. The van der Waals surface area contributed by atoms with Crippen molar-refractivity contribution in [2.75, 3.05) is 7.11 Å². The van der Waals surface area contributed by atoms with Crippen molar-refractivity contribution >= 4 is 17.7 Å². The summed E-state index contributed by atoms with van der Waals surface area (Å²) in [7, 11) is 1.45. The number of esters is 2. The maximum atomic E-state index is 14.0. The molecular formula is C32H44O5. The van der Waals surface area contributed by atoms with Gasteiger partial charge >= 0.3 is 11.9 Å². The van der Waals surface area contributed by atoms with Crippen LogP contribution in [-0.4, -0.2) is 30.9 Å². The third kappa shape index (κ3) is 4.55.